The molecule has 112 valence electrons. The average Bonchev–Trinajstić information content (AvgIpc) is 2.90. The molecule has 0 aliphatic carbocycles. The Balaban J connectivity index is 1.80. The molecule has 0 spiro atoms. The van der Waals surface area contributed by atoms with Gasteiger partial charge in [0.1, 0.15) is 0 Å². The Kier molecular flexibility index (Phi) is 4.01. The second kappa shape index (κ2) is 5.79. The molecule has 1 aliphatic rings. The molecule has 0 fully saturated rings. The number of sulfonamides is 1. The highest BCUT2D eigenvalue weighted by Crippen LogP contribution is 2.25. The monoisotopic (exact) mass is 322 g/mol. The lowest BCUT2D eigenvalue weighted by Crippen LogP contribution is -2.23. The summed E-state index contributed by atoms with van der Waals surface area (Å²) in [5, 5.41) is 5.27. The highest BCUT2D eigenvalue weighted by molar-refractivity contribution is 7.89. The Morgan fingerprint density at radius 2 is 2.19 bits per heavy atom. The minimum Gasteiger partial charge on any atom is -0.385 e. The normalized spacial score (nSPS) is 14.5. The summed E-state index contributed by atoms with van der Waals surface area (Å²) >= 11 is 1.57. The summed E-state index contributed by atoms with van der Waals surface area (Å²) in [5.74, 6) is 0. The fourth-order valence-corrected chi connectivity index (χ4v) is 4.43. The molecule has 3 rings (SSSR count). The maximum absolute atomic E-state index is 12.4. The van der Waals surface area contributed by atoms with Crippen molar-refractivity contribution < 1.29 is 8.42 Å². The minimum absolute atomic E-state index is 0.346. The lowest BCUT2D eigenvalue weighted by Gasteiger charge is -2.18. The highest BCUT2D eigenvalue weighted by atomic mass is 32.2. The second-order valence-electron chi connectivity index (χ2n) is 5.20. The van der Waals surface area contributed by atoms with Gasteiger partial charge in [-0.15, -0.1) is 11.3 Å². The lowest BCUT2D eigenvalue weighted by atomic mass is 10.0. The fourth-order valence-electron chi connectivity index (χ4n) is 2.45. The van der Waals surface area contributed by atoms with Crippen molar-refractivity contribution >= 4 is 27.0 Å². The van der Waals surface area contributed by atoms with E-state index >= 15 is 0 Å². The molecule has 1 aromatic heterocycles. The van der Waals surface area contributed by atoms with Crippen molar-refractivity contribution in [3.8, 4) is 0 Å². The Labute approximate surface area is 129 Å². The van der Waals surface area contributed by atoms with Gasteiger partial charge in [-0.3, -0.25) is 0 Å². The standard InChI is InChI=1S/C15H18N2O2S2/c1-11-6-8-20-15(11)10-17-21(18,19)13-4-5-14-12(9-13)3-2-7-16-14/h4-6,8-9,16-17H,2-3,7,10H2,1H3. The van der Waals surface area contributed by atoms with Gasteiger partial charge in [-0.25, -0.2) is 13.1 Å². The van der Waals surface area contributed by atoms with Gasteiger partial charge < -0.3 is 5.32 Å². The first-order valence-electron chi connectivity index (χ1n) is 6.96. The number of hydrogen-bond donors (Lipinski definition) is 2. The van der Waals surface area contributed by atoms with Crippen LogP contribution in [0.25, 0.3) is 0 Å². The number of benzene rings is 1. The molecule has 0 amide bonds. The zero-order valence-electron chi connectivity index (χ0n) is 11.8. The van der Waals surface area contributed by atoms with E-state index in [1.807, 2.05) is 24.4 Å². The summed E-state index contributed by atoms with van der Waals surface area (Å²) in [4.78, 5) is 1.40. The van der Waals surface area contributed by atoms with Gasteiger partial charge in [0.05, 0.1) is 4.90 Å². The summed E-state index contributed by atoms with van der Waals surface area (Å²) < 4.78 is 27.5. The lowest BCUT2D eigenvalue weighted by molar-refractivity contribution is 0.581. The molecule has 6 heteroatoms. The van der Waals surface area contributed by atoms with Crippen molar-refractivity contribution in [3.05, 3.63) is 45.6 Å². The number of anilines is 1. The van der Waals surface area contributed by atoms with Crippen LogP contribution in [0.15, 0.2) is 34.5 Å². The van der Waals surface area contributed by atoms with Crippen molar-refractivity contribution in [1.82, 2.24) is 4.72 Å². The van der Waals surface area contributed by atoms with Crippen LogP contribution in [0.4, 0.5) is 5.69 Å². The molecule has 4 nitrogen and oxygen atoms in total. The second-order valence-corrected chi connectivity index (χ2v) is 7.97. The molecule has 2 aromatic rings. The molecule has 2 heterocycles. The smallest absolute Gasteiger partial charge is 0.240 e. The van der Waals surface area contributed by atoms with E-state index in [0.717, 1.165) is 41.1 Å². The van der Waals surface area contributed by atoms with E-state index in [2.05, 4.69) is 10.0 Å². The molecule has 2 N–H and O–H groups in total. The Morgan fingerprint density at radius 3 is 2.95 bits per heavy atom. The highest BCUT2D eigenvalue weighted by Gasteiger charge is 2.17. The predicted molar refractivity (Wildman–Crippen MR) is 86.3 cm³/mol. The van der Waals surface area contributed by atoms with Crippen molar-refractivity contribution in [1.29, 1.82) is 0 Å². The Hall–Kier alpha value is -1.37. The van der Waals surface area contributed by atoms with Crippen LogP contribution >= 0.6 is 11.3 Å². The van der Waals surface area contributed by atoms with Crippen LogP contribution in [0, 0.1) is 6.92 Å². The van der Waals surface area contributed by atoms with Crippen molar-refractivity contribution in [2.75, 3.05) is 11.9 Å². The number of aryl methyl sites for hydroxylation is 2. The molecular weight excluding hydrogens is 304 g/mol. The molecular formula is C15H18N2O2S2. The number of nitrogens with one attached hydrogen (secondary N) is 2. The van der Waals surface area contributed by atoms with Crippen LogP contribution in [-0.2, 0) is 23.0 Å². The van der Waals surface area contributed by atoms with Crippen molar-refractivity contribution in [3.63, 3.8) is 0 Å². The molecule has 0 radical (unpaired) electrons. The summed E-state index contributed by atoms with van der Waals surface area (Å²) in [5.41, 5.74) is 3.25. The van der Waals surface area contributed by atoms with Crippen LogP contribution in [0.3, 0.4) is 0 Å². The zero-order chi connectivity index (χ0) is 14.9. The van der Waals surface area contributed by atoms with E-state index in [9.17, 15) is 8.42 Å². The predicted octanol–water partition coefficient (Wildman–Crippen LogP) is 2.89. The number of fused-ring (bicyclic) bond motifs is 1. The molecule has 21 heavy (non-hydrogen) atoms. The molecule has 0 unspecified atom stereocenters. The van der Waals surface area contributed by atoms with Gasteiger partial charge >= 0.3 is 0 Å². The summed E-state index contributed by atoms with van der Waals surface area (Å²) in [6, 6.07) is 7.31. The maximum atomic E-state index is 12.4. The number of thiophene rings is 1. The average molecular weight is 322 g/mol. The third-order valence-corrected chi connectivity index (χ3v) is 6.14. The van der Waals surface area contributed by atoms with E-state index in [4.69, 9.17) is 0 Å². The van der Waals surface area contributed by atoms with Crippen LogP contribution in [0.1, 0.15) is 22.4 Å². The molecule has 1 aliphatic heterocycles. The van der Waals surface area contributed by atoms with Crippen molar-refractivity contribution in [2.24, 2.45) is 0 Å². The topological polar surface area (TPSA) is 58.2 Å². The fraction of sp³-hybridized carbons (Fsp3) is 0.333. The first kappa shape index (κ1) is 14.6. The van der Waals surface area contributed by atoms with Gasteiger partial charge in [0.15, 0.2) is 0 Å². The van der Waals surface area contributed by atoms with E-state index < -0.39 is 10.0 Å². The van der Waals surface area contributed by atoms with Crippen LogP contribution in [0.5, 0.6) is 0 Å². The van der Waals surface area contributed by atoms with E-state index in [1.54, 1.807) is 23.5 Å². The first-order valence-corrected chi connectivity index (χ1v) is 9.32. The summed E-state index contributed by atoms with van der Waals surface area (Å²) in [6.45, 7) is 3.29. The molecule has 0 atom stereocenters. The Morgan fingerprint density at radius 1 is 1.33 bits per heavy atom. The van der Waals surface area contributed by atoms with Crippen LogP contribution < -0.4 is 10.0 Å². The zero-order valence-corrected chi connectivity index (χ0v) is 13.5. The third-order valence-electron chi connectivity index (χ3n) is 3.72. The molecule has 1 aromatic carbocycles. The van der Waals surface area contributed by atoms with Crippen LogP contribution in [0.2, 0.25) is 0 Å². The minimum atomic E-state index is -3.46. The maximum Gasteiger partial charge on any atom is 0.240 e. The largest absolute Gasteiger partial charge is 0.385 e. The van der Waals surface area contributed by atoms with Crippen molar-refractivity contribution in [2.45, 2.75) is 31.2 Å². The van der Waals surface area contributed by atoms with E-state index in [1.165, 1.54) is 0 Å². The molecule has 0 saturated heterocycles. The van der Waals surface area contributed by atoms with Gasteiger partial charge in [-0.1, -0.05) is 0 Å². The third kappa shape index (κ3) is 3.12. The van der Waals surface area contributed by atoms with E-state index in [-0.39, 0.29) is 0 Å². The Bertz CT molecular complexity index is 751. The molecule has 0 saturated carbocycles. The molecule has 0 bridgehead atoms. The van der Waals surface area contributed by atoms with Gasteiger partial charge in [-0.05, 0) is 60.5 Å². The van der Waals surface area contributed by atoms with Gasteiger partial charge in [0.2, 0.25) is 10.0 Å². The van der Waals surface area contributed by atoms with E-state index in [0.29, 0.717) is 11.4 Å². The van der Waals surface area contributed by atoms with Crippen LogP contribution in [-0.4, -0.2) is 15.0 Å². The van der Waals surface area contributed by atoms with Gasteiger partial charge in [0.25, 0.3) is 0 Å². The van der Waals surface area contributed by atoms with Gasteiger partial charge in [0, 0.05) is 23.7 Å². The van der Waals surface area contributed by atoms with Gasteiger partial charge in [-0.2, -0.15) is 0 Å². The number of hydrogen-bond acceptors (Lipinski definition) is 4. The summed E-state index contributed by atoms with van der Waals surface area (Å²) in [6.07, 6.45) is 1.97. The summed E-state index contributed by atoms with van der Waals surface area (Å²) in [7, 11) is -3.46. The first-order chi connectivity index (χ1) is 10.1. The quantitative estimate of drug-likeness (QED) is 0.910. The SMILES string of the molecule is Cc1ccsc1CNS(=O)(=O)c1ccc2c(c1)CCCN2. The number of rotatable bonds is 4.